The number of rotatable bonds is 1. The van der Waals surface area contributed by atoms with Gasteiger partial charge in [0.05, 0.1) is 23.4 Å². The smallest absolute Gasteiger partial charge is 0.0936 e. The van der Waals surface area contributed by atoms with Gasteiger partial charge in [-0.1, -0.05) is 0 Å². The SMILES string of the molecule is Cc1cnn(C)c1C(C)(C)C#N. The molecular weight excluding hydrogens is 150 g/mol. The van der Waals surface area contributed by atoms with E-state index in [0.29, 0.717) is 0 Å². The largest absolute Gasteiger partial charge is 0.271 e. The van der Waals surface area contributed by atoms with E-state index in [1.807, 2.05) is 27.8 Å². The summed E-state index contributed by atoms with van der Waals surface area (Å²) in [6, 6.07) is 2.26. The fourth-order valence-electron chi connectivity index (χ4n) is 1.50. The van der Waals surface area contributed by atoms with Crippen molar-refractivity contribution in [2.75, 3.05) is 0 Å². The molecule has 0 saturated carbocycles. The average molecular weight is 163 g/mol. The van der Waals surface area contributed by atoms with E-state index in [2.05, 4.69) is 11.2 Å². The van der Waals surface area contributed by atoms with Crippen LogP contribution < -0.4 is 0 Å². The van der Waals surface area contributed by atoms with Crippen LogP contribution in [-0.2, 0) is 12.5 Å². The molecule has 0 aromatic carbocycles. The molecule has 1 heterocycles. The van der Waals surface area contributed by atoms with Gasteiger partial charge in [-0.2, -0.15) is 10.4 Å². The Balaban J connectivity index is 3.28. The van der Waals surface area contributed by atoms with Crippen molar-refractivity contribution in [1.29, 1.82) is 5.26 Å². The van der Waals surface area contributed by atoms with Crippen LogP contribution in [0.1, 0.15) is 25.1 Å². The van der Waals surface area contributed by atoms with Gasteiger partial charge >= 0.3 is 0 Å². The van der Waals surface area contributed by atoms with Crippen molar-refractivity contribution in [1.82, 2.24) is 9.78 Å². The van der Waals surface area contributed by atoms with Crippen LogP contribution >= 0.6 is 0 Å². The lowest BCUT2D eigenvalue weighted by Crippen LogP contribution is -2.19. The monoisotopic (exact) mass is 163 g/mol. The van der Waals surface area contributed by atoms with Crippen LogP contribution in [0, 0.1) is 18.3 Å². The van der Waals surface area contributed by atoms with E-state index in [9.17, 15) is 0 Å². The molecule has 1 rings (SSSR count). The fraction of sp³-hybridized carbons (Fsp3) is 0.556. The summed E-state index contributed by atoms with van der Waals surface area (Å²) in [5.41, 5.74) is 1.61. The Morgan fingerprint density at radius 3 is 2.50 bits per heavy atom. The Labute approximate surface area is 72.6 Å². The Morgan fingerprint density at radius 2 is 2.17 bits per heavy atom. The fourth-order valence-corrected chi connectivity index (χ4v) is 1.50. The zero-order valence-corrected chi connectivity index (χ0v) is 7.92. The van der Waals surface area contributed by atoms with Gasteiger partial charge in [0.1, 0.15) is 0 Å². The number of nitriles is 1. The lowest BCUT2D eigenvalue weighted by atomic mass is 9.89. The van der Waals surface area contributed by atoms with E-state index in [4.69, 9.17) is 5.26 Å². The van der Waals surface area contributed by atoms with Crippen LogP contribution in [0.4, 0.5) is 0 Å². The molecule has 0 N–H and O–H groups in total. The predicted octanol–water partition coefficient (Wildman–Crippen LogP) is 1.53. The normalized spacial score (nSPS) is 11.2. The van der Waals surface area contributed by atoms with E-state index in [0.717, 1.165) is 11.3 Å². The third-order valence-corrected chi connectivity index (χ3v) is 1.99. The number of hydrogen-bond donors (Lipinski definition) is 0. The molecule has 1 aromatic rings. The highest BCUT2D eigenvalue weighted by atomic mass is 15.3. The molecule has 0 aliphatic heterocycles. The third kappa shape index (κ3) is 1.20. The van der Waals surface area contributed by atoms with E-state index in [1.54, 1.807) is 10.9 Å². The van der Waals surface area contributed by atoms with Gasteiger partial charge in [0.2, 0.25) is 0 Å². The zero-order valence-electron chi connectivity index (χ0n) is 7.92. The van der Waals surface area contributed by atoms with E-state index in [-0.39, 0.29) is 0 Å². The van der Waals surface area contributed by atoms with Crippen molar-refractivity contribution in [3.05, 3.63) is 17.5 Å². The maximum absolute atomic E-state index is 8.92. The molecule has 0 amide bonds. The number of hydrogen-bond acceptors (Lipinski definition) is 2. The lowest BCUT2D eigenvalue weighted by Gasteiger charge is -2.16. The number of aromatic nitrogens is 2. The predicted molar refractivity (Wildman–Crippen MR) is 46.6 cm³/mol. The third-order valence-electron chi connectivity index (χ3n) is 1.99. The summed E-state index contributed by atoms with van der Waals surface area (Å²) in [5.74, 6) is 0. The van der Waals surface area contributed by atoms with Gasteiger partial charge in [-0.15, -0.1) is 0 Å². The molecule has 0 radical (unpaired) electrons. The standard InChI is InChI=1S/C9H13N3/c1-7-5-11-12(4)8(7)9(2,3)6-10/h5H,1-4H3. The highest BCUT2D eigenvalue weighted by Crippen LogP contribution is 2.24. The first-order valence-corrected chi connectivity index (χ1v) is 3.89. The van der Waals surface area contributed by atoms with E-state index >= 15 is 0 Å². The maximum atomic E-state index is 8.92. The van der Waals surface area contributed by atoms with Gasteiger partial charge in [-0.3, -0.25) is 4.68 Å². The summed E-state index contributed by atoms with van der Waals surface area (Å²) in [5, 5.41) is 13.0. The molecule has 12 heavy (non-hydrogen) atoms. The van der Waals surface area contributed by atoms with Crippen molar-refractivity contribution in [2.24, 2.45) is 7.05 Å². The number of aryl methyl sites for hydroxylation is 2. The average Bonchev–Trinajstić information content (AvgIpc) is 2.31. The van der Waals surface area contributed by atoms with Crippen LogP contribution in [0.25, 0.3) is 0 Å². The lowest BCUT2D eigenvalue weighted by molar-refractivity contribution is 0.584. The second kappa shape index (κ2) is 2.63. The van der Waals surface area contributed by atoms with Gasteiger partial charge in [0, 0.05) is 7.05 Å². The molecule has 3 nitrogen and oxygen atoms in total. The first-order chi connectivity index (χ1) is 5.49. The van der Waals surface area contributed by atoms with Crippen molar-refractivity contribution < 1.29 is 0 Å². The summed E-state index contributed by atoms with van der Waals surface area (Å²) >= 11 is 0. The zero-order chi connectivity index (χ0) is 9.35. The van der Waals surface area contributed by atoms with E-state index < -0.39 is 5.41 Å². The van der Waals surface area contributed by atoms with Crippen molar-refractivity contribution >= 4 is 0 Å². The topological polar surface area (TPSA) is 41.6 Å². The van der Waals surface area contributed by atoms with Crippen molar-refractivity contribution in [3.8, 4) is 6.07 Å². The van der Waals surface area contributed by atoms with Gasteiger partial charge in [-0.05, 0) is 26.3 Å². The van der Waals surface area contributed by atoms with Crippen LogP contribution in [0.3, 0.4) is 0 Å². The molecule has 0 unspecified atom stereocenters. The van der Waals surface area contributed by atoms with Crippen LogP contribution in [0.5, 0.6) is 0 Å². The first kappa shape index (κ1) is 8.79. The second-order valence-electron chi connectivity index (χ2n) is 3.54. The van der Waals surface area contributed by atoms with Crippen LogP contribution in [-0.4, -0.2) is 9.78 Å². The molecule has 0 atom stereocenters. The Hall–Kier alpha value is -1.30. The molecule has 64 valence electrons. The molecule has 0 bridgehead atoms. The van der Waals surface area contributed by atoms with Crippen LogP contribution in [0.15, 0.2) is 6.20 Å². The minimum Gasteiger partial charge on any atom is -0.271 e. The summed E-state index contributed by atoms with van der Waals surface area (Å²) in [6.45, 7) is 5.77. The minimum atomic E-state index is -0.449. The molecule has 1 aromatic heterocycles. The summed E-state index contributed by atoms with van der Waals surface area (Å²) in [7, 11) is 1.86. The number of nitrogens with zero attached hydrogens (tertiary/aromatic N) is 3. The van der Waals surface area contributed by atoms with Gasteiger partial charge in [0.25, 0.3) is 0 Å². The van der Waals surface area contributed by atoms with Crippen molar-refractivity contribution in [2.45, 2.75) is 26.2 Å². The quantitative estimate of drug-likeness (QED) is 0.630. The molecular formula is C9H13N3. The van der Waals surface area contributed by atoms with Gasteiger partial charge < -0.3 is 0 Å². The summed E-state index contributed by atoms with van der Waals surface area (Å²) in [4.78, 5) is 0. The van der Waals surface area contributed by atoms with Crippen LogP contribution in [0.2, 0.25) is 0 Å². The second-order valence-corrected chi connectivity index (χ2v) is 3.54. The molecule has 0 aliphatic rings. The Bertz CT molecular complexity index is 309. The molecule has 0 fully saturated rings. The van der Waals surface area contributed by atoms with Gasteiger partial charge in [0.15, 0.2) is 0 Å². The van der Waals surface area contributed by atoms with Crippen molar-refractivity contribution in [3.63, 3.8) is 0 Å². The highest BCUT2D eigenvalue weighted by molar-refractivity contribution is 5.29. The molecule has 0 saturated heterocycles. The maximum Gasteiger partial charge on any atom is 0.0936 e. The highest BCUT2D eigenvalue weighted by Gasteiger charge is 2.25. The molecule has 0 aliphatic carbocycles. The molecule has 3 heteroatoms. The summed E-state index contributed by atoms with van der Waals surface area (Å²) < 4.78 is 1.76. The van der Waals surface area contributed by atoms with Gasteiger partial charge in [-0.25, -0.2) is 0 Å². The molecule has 0 spiro atoms. The summed E-state index contributed by atoms with van der Waals surface area (Å²) in [6.07, 6.45) is 1.79. The minimum absolute atomic E-state index is 0.449. The first-order valence-electron chi connectivity index (χ1n) is 3.89. The van der Waals surface area contributed by atoms with E-state index in [1.165, 1.54) is 0 Å². The Morgan fingerprint density at radius 1 is 1.58 bits per heavy atom. The Kier molecular flexibility index (Phi) is 1.93.